The Bertz CT molecular complexity index is 242. The van der Waals surface area contributed by atoms with Crippen LogP contribution in [0.25, 0.3) is 0 Å². The molecule has 0 atom stereocenters. The van der Waals surface area contributed by atoms with Crippen molar-refractivity contribution in [3.05, 3.63) is 28.8 Å². The van der Waals surface area contributed by atoms with E-state index in [0.29, 0.717) is 11.6 Å². The van der Waals surface area contributed by atoms with Crippen LogP contribution in [0.15, 0.2) is 18.2 Å². The lowest BCUT2D eigenvalue weighted by Crippen LogP contribution is -1.96. The molecule has 0 saturated heterocycles. The smallest absolute Gasteiger partial charge is 0.117 e. The summed E-state index contributed by atoms with van der Waals surface area (Å²) in [7, 11) is 0. The van der Waals surface area contributed by atoms with Crippen LogP contribution in [-0.2, 0) is 6.54 Å². The summed E-state index contributed by atoms with van der Waals surface area (Å²) < 4.78 is 0. The molecule has 11 heavy (non-hydrogen) atoms. The molecule has 0 unspecified atom stereocenters. The third-order valence-corrected chi connectivity index (χ3v) is 1.61. The fourth-order valence-electron chi connectivity index (χ4n) is 0.702. The van der Waals surface area contributed by atoms with Gasteiger partial charge in [0.25, 0.3) is 0 Å². The molecule has 4 heteroatoms. The third kappa shape index (κ3) is 2.69. The summed E-state index contributed by atoms with van der Waals surface area (Å²) >= 11 is 5.69. The molecule has 0 aliphatic rings. The van der Waals surface area contributed by atoms with E-state index in [9.17, 15) is 0 Å². The highest BCUT2D eigenvalue weighted by molar-refractivity contribution is 8.93. The Morgan fingerprint density at radius 2 is 2.09 bits per heavy atom. The highest BCUT2D eigenvalue weighted by Crippen LogP contribution is 2.20. The van der Waals surface area contributed by atoms with Crippen LogP contribution in [-0.4, -0.2) is 5.11 Å². The first kappa shape index (κ1) is 10.8. The zero-order valence-electron chi connectivity index (χ0n) is 5.75. The average molecular weight is 239 g/mol. The van der Waals surface area contributed by atoms with Crippen molar-refractivity contribution in [1.29, 1.82) is 0 Å². The van der Waals surface area contributed by atoms with E-state index in [1.54, 1.807) is 12.1 Å². The van der Waals surface area contributed by atoms with Crippen molar-refractivity contribution in [3.8, 4) is 5.75 Å². The first-order valence-corrected chi connectivity index (χ1v) is 3.29. The summed E-state index contributed by atoms with van der Waals surface area (Å²) in [5.74, 6) is 0.169. The van der Waals surface area contributed by atoms with Gasteiger partial charge in [-0.15, -0.1) is 17.0 Å². The molecule has 0 amide bonds. The molecule has 1 aromatic carbocycles. The van der Waals surface area contributed by atoms with Crippen LogP contribution in [0.4, 0.5) is 0 Å². The van der Waals surface area contributed by atoms with Gasteiger partial charge in [0.15, 0.2) is 0 Å². The van der Waals surface area contributed by atoms with Crippen molar-refractivity contribution in [1.82, 2.24) is 0 Å². The molecule has 0 aromatic heterocycles. The first-order chi connectivity index (χ1) is 4.74. The maximum absolute atomic E-state index is 8.91. The lowest BCUT2D eigenvalue weighted by molar-refractivity contribution is 0.475. The highest BCUT2D eigenvalue weighted by Gasteiger charge is 1.97. The predicted molar refractivity (Wildman–Crippen MR) is 51.3 cm³/mol. The molecular weight excluding hydrogens is 229 g/mol. The lowest BCUT2D eigenvalue weighted by atomic mass is 10.2. The van der Waals surface area contributed by atoms with Crippen molar-refractivity contribution in [3.63, 3.8) is 0 Å². The Kier molecular flexibility index (Phi) is 4.49. The van der Waals surface area contributed by atoms with Crippen LogP contribution in [0, 0.1) is 0 Å². The molecule has 0 fully saturated rings. The summed E-state index contributed by atoms with van der Waals surface area (Å²) in [5, 5.41) is 9.42. The molecule has 3 N–H and O–H groups in total. The second-order valence-corrected chi connectivity index (χ2v) is 2.39. The molecule has 0 radical (unpaired) electrons. The minimum atomic E-state index is 0. The van der Waals surface area contributed by atoms with Gasteiger partial charge in [0.05, 0.1) is 0 Å². The van der Waals surface area contributed by atoms with Crippen LogP contribution < -0.4 is 5.73 Å². The van der Waals surface area contributed by atoms with Gasteiger partial charge in [-0.05, 0) is 17.7 Å². The fourth-order valence-corrected chi connectivity index (χ4v) is 0.954. The number of hydrogen-bond acceptors (Lipinski definition) is 2. The number of phenols is 1. The van der Waals surface area contributed by atoms with Gasteiger partial charge in [-0.1, -0.05) is 17.7 Å². The molecule has 1 aromatic rings. The van der Waals surface area contributed by atoms with Gasteiger partial charge in [0.2, 0.25) is 0 Å². The number of halogens is 2. The van der Waals surface area contributed by atoms with E-state index >= 15 is 0 Å². The Hall–Kier alpha value is -0.250. The Morgan fingerprint density at radius 3 is 2.55 bits per heavy atom. The Morgan fingerprint density at radius 1 is 1.45 bits per heavy atom. The van der Waals surface area contributed by atoms with Crippen molar-refractivity contribution in [2.45, 2.75) is 6.54 Å². The summed E-state index contributed by atoms with van der Waals surface area (Å²) in [6.45, 7) is 0.402. The van der Waals surface area contributed by atoms with Gasteiger partial charge in [0.1, 0.15) is 5.75 Å². The number of benzene rings is 1. The van der Waals surface area contributed by atoms with E-state index in [4.69, 9.17) is 22.4 Å². The maximum atomic E-state index is 8.91. The zero-order valence-corrected chi connectivity index (χ0v) is 8.22. The third-order valence-electron chi connectivity index (χ3n) is 1.26. The Balaban J connectivity index is 0.000001000. The van der Waals surface area contributed by atoms with Gasteiger partial charge in [-0.2, -0.15) is 0 Å². The molecule has 0 spiro atoms. The molecule has 0 aliphatic carbocycles. The summed E-state index contributed by atoms with van der Waals surface area (Å²) in [6.07, 6.45) is 0. The van der Waals surface area contributed by atoms with E-state index in [0.717, 1.165) is 5.56 Å². The quantitative estimate of drug-likeness (QED) is 0.787. The van der Waals surface area contributed by atoms with Crippen LogP contribution in [0.3, 0.4) is 0 Å². The lowest BCUT2D eigenvalue weighted by Gasteiger charge is -1.99. The highest BCUT2D eigenvalue weighted by atomic mass is 79.9. The van der Waals surface area contributed by atoms with E-state index < -0.39 is 0 Å². The molecule has 0 saturated carbocycles. The number of aromatic hydroxyl groups is 1. The van der Waals surface area contributed by atoms with Gasteiger partial charge >= 0.3 is 0 Å². The van der Waals surface area contributed by atoms with Crippen molar-refractivity contribution >= 4 is 28.6 Å². The minimum Gasteiger partial charge on any atom is -0.508 e. The van der Waals surface area contributed by atoms with Gasteiger partial charge in [-0.3, -0.25) is 0 Å². The molecule has 0 aliphatic heterocycles. The normalized spacial score (nSPS) is 8.91. The zero-order chi connectivity index (χ0) is 7.56. The molecular formula is C7H9BrClNO. The van der Waals surface area contributed by atoms with Crippen LogP contribution in [0.5, 0.6) is 5.75 Å². The second-order valence-electron chi connectivity index (χ2n) is 1.98. The van der Waals surface area contributed by atoms with E-state index in [1.165, 1.54) is 6.07 Å². The number of hydrogen-bond donors (Lipinski definition) is 2. The minimum absolute atomic E-state index is 0. The van der Waals surface area contributed by atoms with Crippen molar-refractivity contribution in [2.75, 3.05) is 0 Å². The largest absolute Gasteiger partial charge is 0.508 e. The second kappa shape index (κ2) is 4.59. The number of phenolic OH excluding ortho intramolecular Hbond substituents is 1. The molecule has 0 bridgehead atoms. The average Bonchev–Trinajstić information content (AvgIpc) is 1.88. The van der Waals surface area contributed by atoms with Crippen LogP contribution in [0.1, 0.15) is 5.56 Å². The van der Waals surface area contributed by atoms with Crippen molar-refractivity contribution in [2.24, 2.45) is 5.73 Å². The topological polar surface area (TPSA) is 46.2 Å². The molecule has 1 rings (SSSR count). The van der Waals surface area contributed by atoms with Crippen LogP contribution in [0.2, 0.25) is 5.02 Å². The van der Waals surface area contributed by atoms with Gasteiger partial charge < -0.3 is 10.8 Å². The molecule has 0 heterocycles. The van der Waals surface area contributed by atoms with Crippen molar-refractivity contribution < 1.29 is 5.11 Å². The predicted octanol–water partition coefficient (Wildman–Crippen LogP) is 2.08. The molecule has 62 valence electrons. The number of rotatable bonds is 1. The van der Waals surface area contributed by atoms with E-state index in [1.807, 2.05) is 0 Å². The first-order valence-electron chi connectivity index (χ1n) is 2.91. The van der Waals surface area contributed by atoms with Crippen LogP contribution >= 0.6 is 28.6 Å². The maximum Gasteiger partial charge on any atom is 0.117 e. The fraction of sp³-hybridized carbons (Fsp3) is 0.143. The van der Waals surface area contributed by atoms with Gasteiger partial charge in [-0.25, -0.2) is 0 Å². The number of nitrogens with two attached hydrogens (primary N) is 1. The summed E-state index contributed by atoms with van der Waals surface area (Å²) in [5.41, 5.74) is 6.18. The Labute approximate surface area is 80.7 Å². The molecule has 2 nitrogen and oxygen atoms in total. The van der Waals surface area contributed by atoms with E-state index in [-0.39, 0.29) is 22.7 Å². The monoisotopic (exact) mass is 237 g/mol. The van der Waals surface area contributed by atoms with Gasteiger partial charge in [0, 0.05) is 11.6 Å². The SMILES string of the molecule is Br.NCc1ccc(O)cc1Cl. The van der Waals surface area contributed by atoms with E-state index in [2.05, 4.69) is 0 Å². The summed E-state index contributed by atoms with van der Waals surface area (Å²) in [6, 6.07) is 4.75. The standard InChI is InChI=1S/C7H8ClNO.BrH/c8-7-3-6(10)2-1-5(7)4-9;/h1-3,10H,4,9H2;1H. The summed E-state index contributed by atoms with van der Waals surface area (Å²) in [4.78, 5) is 0.